The number of carbonyl (C=O) groups is 3. The molecule has 4 aromatic carbocycles. The molecule has 7 rings (SSSR count). The average Bonchev–Trinajstić information content (AvgIpc) is 3.70. The summed E-state index contributed by atoms with van der Waals surface area (Å²) >= 11 is 0. The Balaban J connectivity index is 1.09. The summed E-state index contributed by atoms with van der Waals surface area (Å²) in [5.74, 6) is -1.12. The molecule has 0 bridgehead atoms. The maximum absolute atomic E-state index is 14.5. The monoisotopic (exact) mass is 781 g/mol. The summed E-state index contributed by atoms with van der Waals surface area (Å²) in [6.45, 7) is 1.01. The Kier molecular flexibility index (Phi) is 14.2. The first-order valence-corrected chi connectivity index (χ1v) is 20.8. The van der Waals surface area contributed by atoms with E-state index in [9.17, 15) is 14.4 Å². The first-order chi connectivity index (χ1) is 28.4. The summed E-state index contributed by atoms with van der Waals surface area (Å²) in [7, 11) is 1.79. The van der Waals surface area contributed by atoms with E-state index in [-0.39, 0.29) is 60.0 Å². The number of amides is 3. The second kappa shape index (κ2) is 20.2. The van der Waals surface area contributed by atoms with Crippen LogP contribution in [0.4, 0.5) is 0 Å². The number of hydrogen-bond donors (Lipinski definition) is 2. The molecule has 302 valence electrons. The number of aromatic nitrogens is 2. The van der Waals surface area contributed by atoms with Gasteiger partial charge in [-0.3, -0.25) is 14.4 Å². The number of rotatable bonds is 16. The smallest absolute Gasteiger partial charge is 0.272 e. The van der Waals surface area contributed by atoms with Crippen molar-refractivity contribution in [2.45, 2.75) is 101 Å². The highest BCUT2D eigenvalue weighted by Crippen LogP contribution is 2.28. The maximum Gasteiger partial charge on any atom is 0.272 e. The van der Waals surface area contributed by atoms with Gasteiger partial charge in [-0.2, -0.15) is 5.10 Å². The number of likely N-dealkylation sites (N-methyl/N-ethyl adjacent to an activating group) is 1. The van der Waals surface area contributed by atoms with Crippen LogP contribution < -0.4 is 10.6 Å². The van der Waals surface area contributed by atoms with E-state index < -0.39 is 5.91 Å². The van der Waals surface area contributed by atoms with Crippen molar-refractivity contribution in [3.63, 3.8) is 0 Å². The largest absolute Gasteiger partial charge is 0.371 e. The van der Waals surface area contributed by atoms with Crippen molar-refractivity contribution in [2.75, 3.05) is 13.6 Å². The van der Waals surface area contributed by atoms with E-state index in [0.717, 1.165) is 73.6 Å². The van der Waals surface area contributed by atoms with Crippen molar-refractivity contribution in [1.82, 2.24) is 25.3 Å². The minimum atomic E-state index is -0.420. The Morgan fingerprint density at radius 3 is 1.83 bits per heavy atom. The van der Waals surface area contributed by atoms with Gasteiger partial charge in [0.1, 0.15) is 12.2 Å². The van der Waals surface area contributed by atoms with Crippen molar-refractivity contribution in [1.29, 1.82) is 0 Å². The first kappa shape index (κ1) is 40.6. The third-order valence-electron chi connectivity index (χ3n) is 11.5. The van der Waals surface area contributed by atoms with Crippen LogP contribution in [0.15, 0.2) is 127 Å². The van der Waals surface area contributed by atoms with Crippen LogP contribution in [0.3, 0.4) is 0 Å². The van der Waals surface area contributed by atoms with E-state index >= 15 is 0 Å². The van der Waals surface area contributed by atoms with Gasteiger partial charge < -0.3 is 25.0 Å². The van der Waals surface area contributed by atoms with Crippen LogP contribution in [0.2, 0.25) is 0 Å². The van der Waals surface area contributed by atoms with Gasteiger partial charge in [0.25, 0.3) is 11.8 Å². The van der Waals surface area contributed by atoms with E-state index in [1.54, 1.807) is 11.9 Å². The fourth-order valence-electron chi connectivity index (χ4n) is 8.36. The number of ether oxygens (including phenoxy) is 2. The van der Waals surface area contributed by atoms with Crippen molar-refractivity contribution in [3.05, 3.63) is 161 Å². The summed E-state index contributed by atoms with van der Waals surface area (Å²) in [5, 5.41) is 10.9. The van der Waals surface area contributed by atoms with E-state index in [1.807, 2.05) is 97.1 Å². The van der Waals surface area contributed by atoms with Crippen LogP contribution in [-0.2, 0) is 34.0 Å². The highest BCUT2D eigenvalue weighted by atomic mass is 16.5. The van der Waals surface area contributed by atoms with Crippen LogP contribution >= 0.6 is 0 Å². The molecule has 2 aliphatic rings. The van der Waals surface area contributed by atoms with E-state index in [0.29, 0.717) is 19.8 Å². The van der Waals surface area contributed by atoms with Crippen LogP contribution in [0.1, 0.15) is 101 Å². The molecule has 58 heavy (non-hydrogen) atoms. The minimum absolute atomic E-state index is 0.0756. The zero-order valence-corrected chi connectivity index (χ0v) is 33.4. The Hall–Kier alpha value is -5.58. The van der Waals surface area contributed by atoms with Crippen LogP contribution in [0.25, 0.3) is 0 Å². The van der Waals surface area contributed by atoms with Crippen molar-refractivity contribution in [3.8, 4) is 0 Å². The molecule has 1 heterocycles. The topological polar surface area (TPSA) is 115 Å². The molecule has 0 spiro atoms. The van der Waals surface area contributed by atoms with Crippen molar-refractivity contribution in [2.24, 2.45) is 0 Å². The molecule has 0 radical (unpaired) electrons. The lowest BCUT2D eigenvalue weighted by Gasteiger charge is -2.37. The van der Waals surface area contributed by atoms with E-state index in [2.05, 4.69) is 40.0 Å². The molecule has 3 amide bonds. The third kappa shape index (κ3) is 10.7. The van der Waals surface area contributed by atoms with Gasteiger partial charge in [-0.05, 0) is 47.9 Å². The minimum Gasteiger partial charge on any atom is -0.371 e. The molecule has 0 saturated heterocycles. The lowest BCUT2D eigenvalue weighted by atomic mass is 9.91. The van der Waals surface area contributed by atoms with Gasteiger partial charge in [-0.25, -0.2) is 4.68 Å². The van der Waals surface area contributed by atoms with Gasteiger partial charge in [0.15, 0.2) is 5.69 Å². The molecule has 0 aliphatic heterocycles. The van der Waals surface area contributed by atoms with Gasteiger partial charge in [-0.1, -0.05) is 147 Å². The molecular formula is C48H55N5O5. The molecule has 2 aliphatic carbocycles. The number of benzene rings is 4. The molecule has 4 atom stereocenters. The highest BCUT2D eigenvalue weighted by molar-refractivity contribution is 5.98. The summed E-state index contributed by atoms with van der Waals surface area (Å²) in [6, 6.07) is 41.3. The first-order valence-electron chi connectivity index (χ1n) is 20.8. The van der Waals surface area contributed by atoms with E-state index in [1.165, 1.54) is 10.7 Å². The van der Waals surface area contributed by atoms with Gasteiger partial charge >= 0.3 is 0 Å². The van der Waals surface area contributed by atoms with Gasteiger partial charge in [-0.15, -0.1) is 0 Å². The average molecular weight is 782 g/mol. The number of carbonyl (C=O) groups excluding carboxylic acids is 3. The molecule has 2 saturated carbocycles. The molecule has 1 aromatic heterocycles. The number of hydrogen-bond acceptors (Lipinski definition) is 6. The Morgan fingerprint density at radius 1 is 0.707 bits per heavy atom. The van der Waals surface area contributed by atoms with Crippen molar-refractivity contribution >= 4 is 17.7 Å². The van der Waals surface area contributed by atoms with Gasteiger partial charge in [0, 0.05) is 25.6 Å². The summed E-state index contributed by atoms with van der Waals surface area (Å²) in [5.41, 5.74) is 4.55. The SMILES string of the molecule is CN(C(=O)c1cc(C(=O)NCC(c2ccccc2)c2ccccc2)nn1CC(=O)NC1CCCC[C@@H]1OCc1ccccc1)C1CCCC[C@@H]1OCc1ccccc1. The zero-order valence-electron chi connectivity index (χ0n) is 33.4. The highest BCUT2D eigenvalue weighted by Gasteiger charge is 2.35. The summed E-state index contributed by atoms with van der Waals surface area (Å²) in [4.78, 5) is 44.0. The van der Waals surface area contributed by atoms with E-state index in [4.69, 9.17) is 9.47 Å². The standard InChI is InChI=1S/C48H55N5O5/c1-52(42-27-15-17-29-45(42)58-34-36-20-8-3-9-21-36)48(56)43-30-41(47(55)49-31-39(37-22-10-4-11-23-37)38-24-12-5-13-25-38)51-53(43)32-46(54)50-40-26-14-16-28-44(40)57-33-35-18-6-2-7-19-35/h2-13,18-25,30,39-40,42,44-45H,14-17,26-29,31-34H2,1H3,(H,49,55)(H,50,54)/t40?,42?,44-,45-/m0/s1. The zero-order chi connectivity index (χ0) is 40.1. The Morgan fingerprint density at radius 2 is 1.22 bits per heavy atom. The number of nitrogens with zero attached hydrogens (tertiary/aromatic N) is 3. The van der Waals surface area contributed by atoms with Gasteiger partial charge in [0.2, 0.25) is 5.91 Å². The van der Waals surface area contributed by atoms with Gasteiger partial charge in [0.05, 0.1) is 37.5 Å². The summed E-state index contributed by atoms with van der Waals surface area (Å²) in [6.07, 6.45) is 6.98. The van der Waals surface area contributed by atoms with Crippen LogP contribution in [0, 0.1) is 0 Å². The molecule has 5 aromatic rings. The molecule has 2 fully saturated rings. The quantitative estimate of drug-likeness (QED) is 0.106. The van der Waals surface area contributed by atoms with Crippen molar-refractivity contribution < 1.29 is 23.9 Å². The second-order valence-corrected chi connectivity index (χ2v) is 15.6. The fourth-order valence-corrected chi connectivity index (χ4v) is 8.36. The van der Waals surface area contributed by atoms with Crippen LogP contribution in [-0.4, -0.2) is 70.3 Å². The third-order valence-corrected chi connectivity index (χ3v) is 11.5. The Bertz CT molecular complexity index is 2020. The predicted molar refractivity (Wildman–Crippen MR) is 224 cm³/mol. The molecule has 2 N–H and O–H groups in total. The molecule has 10 heteroatoms. The lowest BCUT2D eigenvalue weighted by Crippen LogP contribution is -2.48. The fraction of sp³-hybridized carbons (Fsp3) is 0.375. The maximum atomic E-state index is 14.5. The second-order valence-electron chi connectivity index (χ2n) is 15.6. The molecule has 2 unspecified atom stereocenters. The molecule has 10 nitrogen and oxygen atoms in total. The number of nitrogens with one attached hydrogen (secondary N) is 2. The summed E-state index contributed by atoms with van der Waals surface area (Å²) < 4.78 is 14.2. The predicted octanol–water partition coefficient (Wildman–Crippen LogP) is 7.69. The van der Waals surface area contributed by atoms with Crippen LogP contribution in [0.5, 0.6) is 0 Å². The Labute approximate surface area is 341 Å². The lowest BCUT2D eigenvalue weighted by molar-refractivity contribution is -0.124. The molecular weight excluding hydrogens is 727 g/mol. The normalized spacial score (nSPS) is 19.3.